The van der Waals surface area contributed by atoms with Gasteiger partial charge in [-0.2, -0.15) is 10.2 Å². The molecule has 1 saturated heterocycles. The zero-order chi connectivity index (χ0) is 18.0. The molecular formula is C19H29N5O. The molecular weight excluding hydrogens is 314 g/mol. The third-order valence-electron chi connectivity index (χ3n) is 5.10. The molecule has 1 atom stereocenters. The average molecular weight is 343 g/mol. The third-order valence-corrected chi connectivity index (χ3v) is 5.10. The lowest BCUT2D eigenvalue weighted by molar-refractivity contribution is 0.224. The maximum Gasteiger partial charge on any atom is 0.266 e. The smallest absolute Gasteiger partial charge is 0.266 e. The molecule has 0 N–H and O–H groups in total. The second-order valence-electron chi connectivity index (χ2n) is 8.02. The van der Waals surface area contributed by atoms with E-state index < -0.39 is 0 Å². The first-order valence-corrected chi connectivity index (χ1v) is 9.14. The van der Waals surface area contributed by atoms with Gasteiger partial charge in [-0.1, -0.05) is 20.8 Å². The Morgan fingerprint density at radius 3 is 2.72 bits per heavy atom. The number of rotatable bonds is 5. The Morgan fingerprint density at radius 1 is 1.24 bits per heavy atom. The first-order valence-electron chi connectivity index (χ1n) is 9.14. The molecule has 1 aliphatic rings. The first-order chi connectivity index (χ1) is 11.8. The minimum Gasteiger partial charge on any atom is -0.298 e. The van der Waals surface area contributed by atoms with E-state index in [9.17, 15) is 4.79 Å². The Balaban J connectivity index is 1.69. The lowest BCUT2D eigenvalue weighted by Gasteiger charge is -2.25. The summed E-state index contributed by atoms with van der Waals surface area (Å²) in [4.78, 5) is 14.7. The molecule has 0 spiro atoms. The van der Waals surface area contributed by atoms with Gasteiger partial charge in [0.25, 0.3) is 5.56 Å². The Kier molecular flexibility index (Phi) is 5.08. The van der Waals surface area contributed by atoms with Gasteiger partial charge in [0.2, 0.25) is 0 Å². The summed E-state index contributed by atoms with van der Waals surface area (Å²) in [5.41, 5.74) is 2.15. The molecule has 3 heterocycles. The number of aryl methyl sites for hydroxylation is 1. The monoisotopic (exact) mass is 343 g/mol. The van der Waals surface area contributed by atoms with Gasteiger partial charge in [-0.05, 0) is 31.5 Å². The summed E-state index contributed by atoms with van der Waals surface area (Å²) in [5, 5.41) is 8.86. The topological polar surface area (TPSA) is 56.0 Å². The summed E-state index contributed by atoms with van der Waals surface area (Å²) >= 11 is 0. The third kappa shape index (κ3) is 4.18. The van der Waals surface area contributed by atoms with Crippen LogP contribution >= 0.6 is 0 Å². The maximum absolute atomic E-state index is 12.3. The molecule has 3 rings (SSSR count). The molecule has 0 amide bonds. The van der Waals surface area contributed by atoms with Crippen molar-refractivity contribution in [1.29, 1.82) is 0 Å². The van der Waals surface area contributed by atoms with Crippen LogP contribution in [0, 0.1) is 0 Å². The molecule has 1 unspecified atom stereocenters. The average Bonchev–Trinajstić information content (AvgIpc) is 3.15. The molecule has 2 aromatic rings. The maximum atomic E-state index is 12.3. The normalized spacial score (nSPS) is 18.8. The van der Waals surface area contributed by atoms with Crippen LogP contribution in [0.15, 0.2) is 29.2 Å². The van der Waals surface area contributed by atoms with Gasteiger partial charge in [0, 0.05) is 49.4 Å². The molecule has 1 aliphatic heterocycles. The van der Waals surface area contributed by atoms with Crippen molar-refractivity contribution < 1.29 is 0 Å². The van der Waals surface area contributed by atoms with Crippen LogP contribution in [0.5, 0.6) is 0 Å². The Morgan fingerprint density at radius 2 is 2.04 bits per heavy atom. The van der Waals surface area contributed by atoms with E-state index >= 15 is 0 Å². The summed E-state index contributed by atoms with van der Waals surface area (Å²) in [6.45, 7) is 9.14. The second-order valence-corrected chi connectivity index (χ2v) is 8.02. The second kappa shape index (κ2) is 7.12. The predicted molar refractivity (Wildman–Crippen MR) is 98.7 cm³/mol. The first kappa shape index (κ1) is 17.9. The minimum atomic E-state index is -0.0512. The summed E-state index contributed by atoms with van der Waals surface area (Å²) in [7, 11) is 1.98. The highest BCUT2D eigenvalue weighted by Gasteiger charge is 2.26. The van der Waals surface area contributed by atoms with Gasteiger partial charge in [-0.25, -0.2) is 4.68 Å². The fourth-order valence-corrected chi connectivity index (χ4v) is 3.48. The van der Waals surface area contributed by atoms with Gasteiger partial charge in [-0.3, -0.25) is 14.4 Å². The predicted octanol–water partition coefficient (Wildman–Crippen LogP) is 1.98. The van der Waals surface area contributed by atoms with Crippen LogP contribution in [0.1, 0.15) is 45.0 Å². The minimum absolute atomic E-state index is 0.00788. The number of hydrogen-bond acceptors (Lipinski definition) is 4. The fourth-order valence-electron chi connectivity index (χ4n) is 3.48. The lowest BCUT2D eigenvalue weighted by Crippen LogP contribution is -2.38. The van der Waals surface area contributed by atoms with Crippen molar-refractivity contribution in [3.63, 3.8) is 0 Å². The number of aromatic nitrogens is 4. The standard InChI is InChI=1S/C19H29N5O/c1-19(2,3)17-7-8-18(25)24(21-17)14-16-6-5-12-23(16)13-10-15-9-11-20-22(15)4/h7-9,11,16H,5-6,10,12-14H2,1-4H3. The molecule has 25 heavy (non-hydrogen) atoms. The van der Waals surface area contributed by atoms with E-state index in [0.29, 0.717) is 12.6 Å². The van der Waals surface area contributed by atoms with E-state index in [-0.39, 0.29) is 11.0 Å². The van der Waals surface area contributed by atoms with E-state index in [1.165, 1.54) is 12.1 Å². The SMILES string of the molecule is Cn1nccc1CCN1CCCC1Cn1nc(C(C)(C)C)ccc1=O. The number of likely N-dealkylation sites (tertiary alicyclic amines) is 1. The number of hydrogen-bond donors (Lipinski definition) is 0. The van der Waals surface area contributed by atoms with E-state index in [1.54, 1.807) is 10.7 Å². The van der Waals surface area contributed by atoms with Gasteiger partial charge in [0.1, 0.15) is 0 Å². The molecule has 2 aromatic heterocycles. The molecule has 1 fully saturated rings. The van der Waals surface area contributed by atoms with Gasteiger partial charge in [-0.15, -0.1) is 0 Å². The Bertz CT molecular complexity index is 771. The fraction of sp³-hybridized carbons (Fsp3) is 0.632. The molecule has 136 valence electrons. The van der Waals surface area contributed by atoms with Crippen LogP contribution < -0.4 is 5.56 Å². The largest absolute Gasteiger partial charge is 0.298 e. The highest BCUT2D eigenvalue weighted by atomic mass is 16.1. The van der Waals surface area contributed by atoms with Crippen molar-refractivity contribution in [2.45, 2.75) is 58.0 Å². The zero-order valence-corrected chi connectivity index (χ0v) is 15.8. The van der Waals surface area contributed by atoms with Crippen molar-refractivity contribution in [3.8, 4) is 0 Å². The van der Waals surface area contributed by atoms with E-state index in [2.05, 4.69) is 41.9 Å². The van der Waals surface area contributed by atoms with Crippen LogP contribution in [-0.2, 0) is 25.4 Å². The number of nitrogens with zero attached hydrogens (tertiary/aromatic N) is 5. The van der Waals surface area contributed by atoms with Crippen LogP contribution in [0.2, 0.25) is 0 Å². The summed E-state index contributed by atoms with van der Waals surface area (Å²) in [5.74, 6) is 0. The molecule has 0 radical (unpaired) electrons. The Hall–Kier alpha value is -1.95. The summed E-state index contributed by atoms with van der Waals surface area (Å²) in [6, 6.07) is 5.97. The van der Waals surface area contributed by atoms with Gasteiger partial charge < -0.3 is 0 Å². The zero-order valence-electron chi connectivity index (χ0n) is 15.8. The van der Waals surface area contributed by atoms with E-state index in [1.807, 2.05) is 24.0 Å². The van der Waals surface area contributed by atoms with Gasteiger partial charge in [0.15, 0.2) is 0 Å². The lowest BCUT2D eigenvalue weighted by atomic mass is 9.92. The molecule has 0 saturated carbocycles. The van der Waals surface area contributed by atoms with Gasteiger partial charge in [0.05, 0.1) is 12.2 Å². The van der Waals surface area contributed by atoms with Crippen molar-refractivity contribution in [2.24, 2.45) is 7.05 Å². The van der Waals surface area contributed by atoms with Crippen molar-refractivity contribution in [2.75, 3.05) is 13.1 Å². The summed E-state index contributed by atoms with van der Waals surface area (Å²) < 4.78 is 3.59. The summed E-state index contributed by atoms with van der Waals surface area (Å²) in [6.07, 6.45) is 5.14. The highest BCUT2D eigenvalue weighted by molar-refractivity contribution is 5.10. The highest BCUT2D eigenvalue weighted by Crippen LogP contribution is 2.21. The van der Waals surface area contributed by atoms with E-state index in [4.69, 9.17) is 0 Å². The van der Waals surface area contributed by atoms with Crippen molar-refractivity contribution in [1.82, 2.24) is 24.5 Å². The van der Waals surface area contributed by atoms with Crippen LogP contribution in [0.25, 0.3) is 0 Å². The molecule has 6 heteroatoms. The van der Waals surface area contributed by atoms with Crippen LogP contribution in [0.3, 0.4) is 0 Å². The quantitative estimate of drug-likeness (QED) is 0.833. The Labute approximate surface area is 149 Å². The van der Waals surface area contributed by atoms with Crippen LogP contribution in [0.4, 0.5) is 0 Å². The molecule has 0 aromatic carbocycles. The van der Waals surface area contributed by atoms with Crippen molar-refractivity contribution in [3.05, 3.63) is 46.1 Å². The molecule has 6 nitrogen and oxygen atoms in total. The van der Waals surface area contributed by atoms with E-state index in [0.717, 1.165) is 31.6 Å². The van der Waals surface area contributed by atoms with Crippen LogP contribution in [-0.4, -0.2) is 43.6 Å². The van der Waals surface area contributed by atoms with Crippen molar-refractivity contribution >= 4 is 0 Å². The molecule has 0 aliphatic carbocycles. The van der Waals surface area contributed by atoms with Gasteiger partial charge >= 0.3 is 0 Å². The molecule has 0 bridgehead atoms.